The maximum atomic E-state index is 6.45. The van der Waals surface area contributed by atoms with Crippen molar-refractivity contribution in [3.8, 4) is 22.0 Å². The van der Waals surface area contributed by atoms with E-state index in [4.69, 9.17) is 15.5 Å². The summed E-state index contributed by atoms with van der Waals surface area (Å²) in [6.07, 6.45) is 10.3. The van der Waals surface area contributed by atoms with E-state index in [0.29, 0.717) is 13.2 Å². The molecule has 2 aromatic carbocycles. The second-order valence-electron chi connectivity index (χ2n) is 10.0. The molecule has 1 fully saturated rings. The molecule has 7 nitrogen and oxygen atoms in total. The lowest BCUT2D eigenvalue weighted by Crippen LogP contribution is -2.28. The Balaban J connectivity index is 1.32. The number of aromatic nitrogens is 4. The van der Waals surface area contributed by atoms with Crippen molar-refractivity contribution >= 4 is 11.3 Å². The van der Waals surface area contributed by atoms with Crippen molar-refractivity contribution in [2.24, 2.45) is 11.7 Å². The van der Waals surface area contributed by atoms with Crippen LogP contribution >= 0.6 is 11.3 Å². The monoisotopic (exact) mass is 530 g/mol. The van der Waals surface area contributed by atoms with Gasteiger partial charge in [-0.2, -0.15) is 0 Å². The Morgan fingerprint density at radius 2 is 1.87 bits per heavy atom. The van der Waals surface area contributed by atoms with E-state index < -0.39 is 0 Å². The Morgan fingerprint density at radius 3 is 2.71 bits per heavy atom. The van der Waals surface area contributed by atoms with E-state index in [-0.39, 0.29) is 0 Å². The van der Waals surface area contributed by atoms with E-state index in [1.807, 2.05) is 10.9 Å². The smallest absolute Gasteiger partial charge is 0.131 e. The maximum Gasteiger partial charge on any atom is 0.131 e. The Hall–Kier alpha value is -3.07. The summed E-state index contributed by atoms with van der Waals surface area (Å²) < 4.78 is 8.29. The predicted molar refractivity (Wildman–Crippen MR) is 154 cm³/mol. The van der Waals surface area contributed by atoms with Gasteiger partial charge in [0.25, 0.3) is 0 Å². The highest BCUT2D eigenvalue weighted by Crippen LogP contribution is 2.35. The second kappa shape index (κ2) is 13.6. The quantitative estimate of drug-likeness (QED) is 0.230. The first kappa shape index (κ1) is 26.5. The number of aryl methyl sites for hydroxylation is 3. The van der Waals surface area contributed by atoms with Crippen LogP contribution in [0.4, 0.5) is 0 Å². The fourth-order valence-electron chi connectivity index (χ4n) is 4.91. The molecule has 4 aromatic rings. The van der Waals surface area contributed by atoms with Gasteiger partial charge in [-0.3, -0.25) is 0 Å². The highest BCUT2D eigenvalue weighted by atomic mass is 32.1. The summed E-state index contributed by atoms with van der Waals surface area (Å²) in [5.74, 6) is 1.58. The summed E-state index contributed by atoms with van der Waals surface area (Å²) in [4.78, 5) is 4.99. The minimum atomic E-state index is 0.703. The number of benzene rings is 2. The van der Waals surface area contributed by atoms with Crippen LogP contribution < -0.4 is 15.8 Å². The normalized spacial score (nSPS) is 14.1. The molecule has 200 valence electrons. The van der Waals surface area contributed by atoms with Gasteiger partial charge in [-0.05, 0) is 94.6 Å². The zero-order valence-corrected chi connectivity index (χ0v) is 22.8. The summed E-state index contributed by atoms with van der Waals surface area (Å²) in [5, 5.41) is 15.4. The first-order valence-corrected chi connectivity index (χ1v) is 14.7. The fourth-order valence-corrected chi connectivity index (χ4v) is 5.79. The molecule has 3 N–H and O–H groups in total. The zero-order chi connectivity index (χ0) is 26.0. The molecule has 0 amide bonds. The van der Waals surface area contributed by atoms with E-state index in [1.165, 1.54) is 18.4 Å². The summed E-state index contributed by atoms with van der Waals surface area (Å²) >= 11 is 1.69. The summed E-state index contributed by atoms with van der Waals surface area (Å²) in [5.41, 5.74) is 11.1. The molecule has 0 aliphatic carbocycles. The number of ether oxygens (including phenoxy) is 1. The van der Waals surface area contributed by atoms with Crippen molar-refractivity contribution in [2.75, 3.05) is 26.2 Å². The van der Waals surface area contributed by atoms with Gasteiger partial charge in [-0.15, -0.1) is 16.4 Å². The number of hydrogen-bond donors (Lipinski definition) is 2. The molecule has 1 aliphatic heterocycles. The van der Waals surface area contributed by atoms with E-state index in [0.717, 1.165) is 90.9 Å². The summed E-state index contributed by atoms with van der Waals surface area (Å²) in [6, 6.07) is 16.9. The molecular formula is C30H38N6OS. The molecule has 1 aliphatic rings. The molecule has 0 radical (unpaired) electrons. The van der Waals surface area contributed by atoms with Crippen molar-refractivity contribution < 1.29 is 4.74 Å². The van der Waals surface area contributed by atoms with Crippen LogP contribution in [-0.4, -0.2) is 46.2 Å². The lowest BCUT2D eigenvalue weighted by atomic mass is 9.95. The van der Waals surface area contributed by atoms with Crippen LogP contribution in [0.15, 0.2) is 60.1 Å². The first-order valence-electron chi connectivity index (χ1n) is 13.9. The number of nitrogens with two attached hydrogens (primary N) is 1. The SMILES string of the molecule is NCCCCc1cn(-c2ccc(-c3nc(CCc4ccccc4)cs3)c(OCCC3CCNCC3)c2)nn1. The molecule has 5 rings (SSSR count). The number of hydrogen-bond acceptors (Lipinski definition) is 7. The minimum Gasteiger partial charge on any atom is -0.493 e. The fraction of sp³-hybridized carbons (Fsp3) is 0.433. The Labute approximate surface area is 229 Å². The van der Waals surface area contributed by atoms with E-state index >= 15 is 0 Å². The largest absolute Gasteiger partial charge is 0.493 e. The van der Waals surface area contributed by atoms with Gasteiger partial charge in [0.05, 0.1) is 35.4 Å². The summed E-state index contributed by atoms with van der Waals surface area (Å²) in [6.45, 7) is 3.62. The van der Waals surface area contributed by atoms with Gasteiger partial charge in [0.1, 0.15) is 10.8 Å². The Morgan fingerprint density at radius 1 is 1.00 bits per heavy atom. The Kier molecular flexibility index (Phi) is 9.53. The van der Waals surface area contributed by atoms with Crippen LogP contribution in [0.25, 0.3) is 16.3 Å². The average molecular weight is 531 g/mol. The van der Waals surface area contributed by atoms with Crippen molar-refractivity contribution in [1.82, 2.24) is 25.3 Å². The number of rotatable bonds is 13. The molecule has 2 aromatic heterocycles. The van der Waals surface area contributed by atoms with Crippen LogP contribution in [-0.2, 0) is 19.3 Å². The van der Waals surface area contributed by atoms with Crippen molar-refractivity contribution in [3.05, 3.63) is 77.1 Å². The standard InChI is InChI=1S/C30H38N6OS/c31-16-5-4-8-25-21-36(35-34-25)27-11-12-28(29(20-27)37-19-15-24-13-17-32-18-14-24)30-33-26(22-38-30)10-9-23-6-2-1-3-7-23/h1-3,6-7,11-12,20-22,24,32H,4-5,8-10,13-19,31H2. The molecule has 8 heteroatoms. The highest BCUT2D eigenvalue weighted by molar-refractivity contribution is 7.13. The van der Waals surface area contributed by atoms with Gasteiger partial charge in [-0.25, -0.2) is 9.67 Å². The third-order valence-electron chi connectivity index (χ3n) is 7.19. The molecule has 0 saturated carbocycles. The number of nitrogens with one attached hydrogen (secondary N) is 1. The topological polar surface area (TPSA) is 90.9 Å². The maximum absolute atomic E-state index is 6.45. The summed E-state index contributed by atoms with van der Waals surface area (Å²) in [7, 11) is 0. The van der Waals surface area contributed by atoms with Crippen LogP contribution in [0.1, 0.15) is 49.1 Å². The molecule has 0 atom stereocenters. The third-order valence-corrected chi connectivity index (χ3v) is 8.12. The van der Waals surface area contributed by atoms with Crippen LogP contribution in [0.5, 0.6) is 5.75 Å². The van der Waals surface area contributed by atoms with E-state index in [1.54, 1.807) is 11.3 Å². The van der Waals surface area contributed by atoms with Gasteiger partial charge < -0.3 is 15.8 Å². The van der Waals surface area contributed by atoms with Gasteiger partial charge >= 0.3 is 0 Å². The molecule has 38 heavy (non-hydrogen) atoms. The molecule has 0 bridgehead atoms. The Bertz CT molecular complexity index is 1260. The molecular weight excluding hydrogens is 492 g/mol. The third kappa shape index (κ3) is 7.28. The first-order chi connectivity index (χ1) is 18.8. The van der Waals surface area contributed by atoms with E-state index in [2.05, 4.69) is 69.5 Å². The van der Waals surface area contributed by atoms with Gasteiger partial charge in [0.2, 0.25) is 0 Å². The second-order valence-corrected chi connectivity index (χ2v) is 10.9. The number of nitrogens with zero attached hydrogens (tertiary/aromatic N) is 4. The van der Waals surface area contributed by atoms with Crippen molar-refractivity contribution in [3.63, 3.8) is 0 Å². The van der Waals surface area contributed by atoms with Gasteiger partial charge in [0, 0.05) is 11.4 Å². The van der Waals surface area contributed by atoms with Crippen molar-refractivity contribution in [1.29, 1.82) is 0 Å². The van der Waals surface area contributed by atoms with Crippen molar-refractivity contribution in [2.45, 2.75) is 51.4 Å². The highest BCUT2D eigenvalue weighted by Gasteiger charge is 2.16. The van der Waals surface area contributed by atoms with Gasteiger partial charge in [-0.1, -0.05) is 35.5 Å². The molecule has 1 saturated heterocycles. The molecule has 3 heterocycles. The number of piperidine rings is 1. The lowest BCUT2D eigenvalue weighted by Gasteiger charge is -2.22. The van der Waals surface area contributed by atoms with Crippen LogP contribution in [0, 0.1) is 5.92 Å². The zero-order valence-electron chi connectivity index (χ0n) is 22.0. The molecule has 0 spiro atoms. The lowest BCUT2D eigenvalue weighted by molar-refractivity contribution is 0.252. The number of unbranched alkanes of at least 4 members (excludes halogenated alkanes) is 1. The van der Waals surface area contributed by atoms with Crippen LogP contribution in [0.2, 0.25) is 0 Å². The average Bonchev–Trinajstić information content (AvgIpc) is 3.63. The number of thiazole rings is 1. The van der Waals surface area contributed by atoms with E-state index in [9.17, 15) is 0 Å². The predicted octanol–water partition coefficient (Wildman–Crippen LogP) is 5.23. The van der Waals surface area contributed by atoms with Crippen LogP contribution in [0.3, 0.4) is 0 Å². The minimum absolute atomic E-state index is 0.703. The molecule has 0 unspecified atom stereocenters. The van der Waals surface area contributed by atoms with Gasteiger partial charge in [0.15, 0.2) is 0 Å².